The fourth-order valence-corrected chi connectivity index (χ4v) is 1.20. The molecule has 0 aliphatic rings. The molecule has 1 rings (SSSR count). The monoisotopic (exact) mass is 181 g/mol. The Kier molecular flexibility index (Phi) is 3.28. The summed E-state index contributed by atoms with van der Waals surface area (Å²) in [6.45, 7) is 2.16. The van der Waals surface area contributed by atoms with Crippen LogP contribution in [0.4, 0.5) is 0 Å². The number of rotatable bonds is 3. The van der Waals surface area contributed by atoms with Gasteiger partial charge in [-0.05, 0) is 17.7 Å². The van der Waals surface area contributed by atoms with E-state index in [4.69, 9.17) is 10.8 Å². The number of nitrogens with two attached hydrogens (primary N) is 1. The number of aliphatic hydroxyl groups is 1. The quantitative estimate of drug-likeness (QED) is 0.646. The lowest BCUT2D eigenvalue weighted by Gasteiger charge is -2.17. The van der Waals surface area contributed by atoms with Gasteiger partial charge in [0.15, 0.2) is 0 Å². The molecule has 1 aromatic carbocycles. The number of hydrogen-bond acceptors (Lipinski definition) is 3. The number of hydrogen-bond donors (Lipinski definition) is 3. The van der Waals surface area contributed by atoms with Crippen LogP contribution in [-0.2, 0) is 0 Å². The SMILES string of the molecule is CC(c1ccc(O)cc1)C(O)CN. The fraction of sp³-hybridized carbons (Fsp3) is 0.400. The summed E-state index contributed by atoms with van der Waals surface area (Å²) < 4.78 is 0. The van der Waals surface area contributed by atoms with E-state index in [2.05, 4.69) is 0 Å². The minimum atomic E-state index is -0.524. The third kappa shape index (κ3) is 2.44. The minimum absolute atomic E-state index is 0.00519. The van der Waals surface area contributed by atoms with Gasteiger partial charge in [-0.3, -0.25) is 0 Å². The molecule has 0 amide bonds. The first-order chi connectivity index (χ1) is 6.15. The Morgan fingerprint density at radius 1 is 1.31 bits per heavy atom. The molecule has 0 aromatic heterocycles. The standard InChI is InChI=1S/C10H15NO2/c1-7(10(13)6-11)8-2-4-9(12)5-3-8/h2-5,7,10,12-13H,6,11H2,1H3. The number of aliphatic hydroxyl groups excluding tert-OH is 1. The first kappa shape index (κ1) is 10.0. The van der Waals surface area contributed by atoms with Crippen molar-refractivity contribution in [1.82, 2.24) is 0 Å². The second kappa shape index (κ2) is 4.25. The highest BCUT2D eigenvalue weighted by Crippen LogP contribution is 2.20. The first-order valence-corrected chi connectivity index (χ1v) is 4.32. The average molecular weight is 181 g/mol. The van der Waals surface area contributed by atoms with Gasteiger partial charge in [-0.2, -0.15) is 0 Å². The summed E-state index contributed by atoms with van der Waals surface area (Å²) in [6, 6.07) is 6.79. The van der Waals surface area contributed by atoms with E-state index in [1.165, 1.54) is 0 Å². The average Bonchev–Trinajstić information content (AvgIpc) is 2.17. The molecular weight excluding hydrogens is 166 g/mol. The molecular formula is C10H15NO2. The molecule has 1 aromatic rings. The number of phenolic OH excluding ortho intramolecular Hbond substituents is 1. The third-order valence-electron chi connectivity index (χ3n) is 2.24. The summed E-state index contributed by atoms with van der Waals surface area (Å²) in [6.07, 6.45) is -0.524. The predicted molar refractivity (Wildman–Crippen MR) is 51.6 cm³/mol. The summed E-state index contributed by atoms with van der Waals surface area (Å²) in [5, 5.41) is 18.5. The fourth-order valence-electron chi connectivity index (χ4n) is 1.20. The van der Waals surface area contributed by atoms with Gasteiger partial charge in [0.1, 0.15) is 5.75 Å². The topological polar surface area (TPSA) is 66.5 Å². The Hall–Kier alpha value is -1.06. The Morgan fingerprint density at radius 2 is 1.85 bits per heavy atom. The van der Waals surface area contributed by atoms with Crippen molar-refractivity contribution in [1.29, 1.82) is 0 Å². The predicted octanol–water partition coefficient (Wildman–Crippen LogP) is 0.815. The zero-order chi connectivity index (χ0) is 9.84. The highest BCUT2D eigenvalue weighted by atomic mass is 16.3. The van der Waals surface area contributed by atoms with Crippen molar-refractivity contribution in [3.05, 3.63) is 29.8 Å². The molecule has 0 fully saturated rings. The lowest BCUT2D eigenvalue weighted by atomic mass is 9.95. The molecule has 0 spiro atoms. The van der Waals surface area contributed by atoms with Crippen molar-refractivity contribution < 1.29 is 10.2 Å². The zero-order valence-corrected chi connectivity index (χ0v) is 7.64. The van der Waals surface area contributed by atoms with Gasteiger partial charge < -0.3 is 15.9 Å². The van der Waals surface area contributed by atoms with Crippen LogP contribution in [0.1, 0.15) is 18.4 Å². The normalized spacial score (nSPS) is 15.3. The van der Waals surface area contributed by atoms with E-state index in [0.29, 0.717) is 0 Å². The second-order valence-electron chi connectivity index (χ2n) is 3.18. The number of benzene rings is 1. The van der Waals surface area contributed by atoms with Gasteiger partial charge in [0.05, 0.1) is 6.10 Å². The van der Waals surface area contributed by atoms with Crippen LogP contribution in [0.25, 0.3) is 0 Å². The molecule has 0 bridgehead atoms. The molecule has 2 atom stereocenters. The van der Waals surface area contributed by atoms with Crippen molar-refractivity contribution in [2.45, 2.75) is 18.9 Å². The summed E-state index contributed by atoms with van der Waals surface area (Å²) >= 11 is 0. The minimum Gasteiger partial charge on any atom is -0.508 e. The van der Waals surface area contributed by atoms with Crippen molar-refractivity contribution >= 4 is 0 Å². The summed E-state index contributed by atoms with van der Waals surface area (Å²) in [5.74, 6) is 0.240. The largest absolute Gasteiger partial charge is 0.508 e. The number of aromatic hydroxyl groups is 1. The molecule has 3 nitrogen and oxygen atoms in total. The van der Waals surface area contributed by atoms with Crippen molar-refractivity contribution in [3.63, 3.8) is 0 Å². The van der Waals surface area contributed by atoms with Crippen LogP contribution >= 0.6 is 0 Å². The molecule has 0 heterocycles. The smallest absolute Gasteiger partial charge is 0.115 e. The molecule has 72 valence electrons. The summed E-state index contributed by atoms with van der Waals surface area (Å²) in [4.78, 5) is 0. The van der Waals surface area contributed by atoms with Crippen LogP contribution in [0.5, 0.6) is 5.75 Å². The van der Waals surface area contributed by atoms with E-state index >= 15 is 0 Å². The molecule has 0 saturated heterocycles. The van der Waals surface area contributed by atoms with Crippen LogP contribution in [0, 0.1) is 0 Å². The van der Waals surface area contributed by atoms with Crippen molar-refractivity contribution in [3.8, 4) is 5.75 Å². The van der Waals surface area contributed by atoms with E-state index < -0.39 is 6.10 Å². The Labute approximate surface area is 77.8 Å². The summed E-state index contributed by atoms with van der Waals surface area (Å²) in [7, 11) is 0. The van der Waals surface area contributed by atoms with Gasteiger partial charge in [-0.15, -0.1) is 0 Å². The lowest BCUT2D eigenvalue weighted by Crippen LogP contribution is -2.25. The van der Waals surface area contributed by atoms with E-state index in [9.17, 15) is 5.11 Å². The van der Waals surface area contributed by atoms with Crippen molar-refractivity contribution in [2.75, 3.05) is 6.54 Å². The highest BCUT2D eigenvalue weighted by molar-refractivity contribution is 5.28. The van der Waals surface area contributed by atoms with Gasteiger partial charge in [0.25, 0.3) is 0 Å². The first-order valence-electron chi connectivity index (χ1n) is 4.32. The molecule has 3 heteroatoms. The van der Waals surface area contributed by atoms with E-state index in [-0.39, 0.29) is 18.2 Å². The molecule has 0 radical (unpaired) electrons. The van der Waals surface area contributed by atoms with Crippen LogP contribution in [-0.4, -0.2) is 22.9 Å². The third-order valence-corrected chi connectivity index (χ3v) is 2.24. The molecule has 13 heavy (non-hydrogen) atoms. The highest BCUT2D eigenvalue weighted by Gasteiger charge is 2.13. The Balaban J connectivity index is 2.77. The molecule has 4 N–H and O–H groups in total. The maximum absolute atomic E-state index is 9.46. The van der Waals surface area contributed by atoms with Crippen LogP contribution in [0.15, 0.2) is 24.3 Å². The van der Waals surface area contributed by atoms with Gasteiger partial charge in [-0.1, -0.05) is 19.1 Å². The zero-order valence-electron chi connectivity index (χ0n) is 7.64. The van der Waals surface area contributed by atoms with Gasteiger partial charge in [-0.25, -0.2) is 0 Å². The van der Waals surface area contributed by atoms with Gasteiger partial charge in [0, 0.05) is 12.5 Å². The summed E-state index contributed by atoms with van der Waals surface area (Å²) in [5.41, 5.74) is 6.32. The maximum atomic E-state index is 9.46. The Morgan fingerprint density at radius 3 is 2.31 bits per heavy atom. The second-order valence-corrected chi connectivity index (χ2v) is 3.18. The number of phenols is 1. The lowest BCUT2D eigenvalue weighted by molar-refractivity contribution is 0.157. The van der Waals surface area contributed by atoms with Crippen LogP contribution in [0.3, 0.4) is 0 Å². The van der Waals surface area contributed by atoms with Crippen LogP contribution in [0.2, 0.25) is 0 Å². The molecule has 0 aliphatic heterocycles. The molecule has 0 aliphatic carbocycles. The van der Waals surface area contributed by atoms with E-state index in [1.54, 1.807) is 24.3 Å². The molecule has 0 saturated carbocycles. The van der Waals surface area contributed by atoms with Crippen molar-refractivity contribution in [2.24, 2.45) is 5.73 Å². The maximum Gasteiger partial charge on any atom is 0.115 e. The van der Waals surface area contributed by atoms with Gasteiger partial charge >= 0.3 is 0 Å². The van der Waals surface area contributed by atoms with Crippen LogP contribution < -0.4 is 5.73 Å². The van der Waals surface area contributed by atoms with E-state index in [0.717, 1.165) is 5.56 Å². The van der Waals surface area contributed by atoms with E-state index in [1.807, 2.05) is 6.92 Å². The Bertz CT molecular complexity index is 258. The molecule has 2 unspecified atom stereocenters. The van der Waals surface area contributed by atoms with Gasteiger partial charge in [0.2, 0.25) is 0 Å².